The van der Waals surface area contributed by atoms with Crippen LogP contribution in [0.1, 0.15) is 43.6 Å². The Labute approximate surface area is 114 Å². The van der Waals surface area contributed by atoms with Crippen molar-refractivity contribution in [2.75, 3.05) is 5.75 Å². The number of hydrogen-bond donors (Lipinski definition) is 0. The van der Waals surface area contributed by atoms with Crippen molar-refractivity contribution in [3.05, 3.63) is 42.5 Å². The topological polar surface area (TPSA) is 17.1 Å². The van der Waals surface area contributed by atoms with Crippen LogP contribution in [0.25, 0.3) is 0 Å². The van der Waals surface area contributed by atoms with Crippen LogP contribution in [0.15, 0.2) is 41.8 Å². The lowest BCUT2D eigenvalue weighted by Gasteiger charge is -2.09. The summed E-state index contributed by atoms with van der Waals surface area (Å²) < 4.78 is 0. The van der Waals surface area contributed by atoms with E-state index in [1.54, 1.807) is 0 Å². The lowest BCUT2D eigenvalue weighted by atomic mass is 9.93. The van der Waals surface area contributed by atoms with Crippen LogP contribution in [0.5, 0.6) is 0 Å². The van der Waals surface area contributed by atoms with Gasteiger partial charge in [-0.1, -0.05) is 30.7 Å². The highest BCUT2D eigenvalue weighted by atomic mass is 32.2. The van der Waals surface area contributed by atoms with Gasteiger partial charge in [-0.05, 0) is 30.9 Å². The van der Waals surface area contributed by atoms with Crippen LogP contribution in [-0.4, -0.2) is 11.5 Å². The maximum atomic E-state index is 12.2. The summed E-state index contributed by atoms with van der Waals surface area (Å²) in [7, 11) is 0. The smallest absolute Gasteiger partial charge is 0.141 e. The Morgan fingerprint density at radius 3 is 3.00 bits per heavy atom. The quantitative estimate of drug-likeness (QED) is 0.527. The molecule has 1 atom stereocenters. The Hall–Kier alpha value is -1.02. The van der Waals surface area contributed by atoms with Crippen molar-refractivity contribution >= 4 is 17.5 Å². The molecule has 0 amide bonds. The summed E-state index contributed by atoms with van der Waals surface area (Å²) in [5, 5.41) is 0. The predicted octanol–water partition coefficient (Wildman–Crippen LogP) is 4.58. The average molecular weight is 260 g/mol. The van der Waals surface area contributed by atoms with E-state index in [2.05, 4.69) is 18.7 Å². The number of carbonyl (C=O) groups excluding carboxylic acids is 1. The van der Waals surface area contributed by atoms with Crippen LogP contribution >= 0.6 is 11.8 Å². The molecule has 1 aromatic rings. The van der Waals surface area contributed by atoms with Crippen LogP contribution < -0.4 is 0 Å². The van der Waals surface area contributed by atoms with Crippen molar-refractivity contribution < 1.29 is 4.79 Å². The molecule has 0 saturated heterocycles. The zero-order valence-electron chi connectivity index (χ0n) is 10.7. The molecule has 0 aliphatic carbocycles. The van der Waals surface area contributed by atoms with Gasteiger partial charge in [0.1, 0.15) is 5.78 Å². The van der Waals surface area contributed by atoms with Crippen LogP contribution in [0, 0.1) is 0 Å². The van der Waals surface area contributed by atoms with Crippen molar-refractivity contribution in [2.45, 2.75) is 42.9 Å². The maximum Gasteiger partial charge on any atom is 0.141 e. The van der Waals surface area contributed by atoms with Crippen molar-refractivity contribution in [3.8, 4) is 0 Å². The van der Waals surface area contributed by atoms with Gasteiger partial charge in [0.25, 0.3) is 0 Å². The summed E-state index contributed by atoms with van der Waals surface area (Å²) in [6.45, 7) is 3.71. The number of allylic oxidation sites excluding steroid dienone is 1. The van der Waals surface area contributed by atoms with Crippen LogP contribution in [0.3, 0.4) is 0 Å². The molecule has 18 heavy (non-hydrogen) atoms. The first kappa shape index (κ1) is 13.4. The Kier molecular flexibility index (Phi) is 5.06. The van der Waals surface area contributed by atoms with E-state index in [4.69, 9.17) is 0 Å². The van der Waals surface area contributed by atoms with E-state index in [1.807, 2.05) is 30.0 Å². The van der Waals surface area contributed by atoms with E-state index >= 15 is 0 Å². The number of Topliss-reactive ketones (excluding diaryl/α,β-unsaturated/α-hetero) is 1. The number of hydrogen-bond acceptors (Lipinski definition) is 2. The van der Waals surface area contributed by atoms with Gasteiger partial charge in [-0.2, -0.15) is 0 Å². The van der Waals surface area contributed by atoms with Crippen LogP contribution in [-0.2, 0) is 4.79 Å². The largest absolute Gasteiger partial charge is 0.299 e. The molecule has 1 aliphatic heterocycles. The highest BCUT2D eigenvalue weighted by molar-refractivity contribution is 7.99. The van der Waals surface area contributed by atoms with Crippen molar-refractivity contribution in [1.82, 2.24) is 0 Å². The van der Waals surface area contributed by atoms with Crippen molar-refractivity contribution in [3.63, 3.8) is 0 Å². The number of benzene rings is 1. The third-order valence-electron chi connectivity index (χ3n) is 3.42. The maximum absolute atomic E-state index is 12.2. The van der Waals surface area contributed by atoms with Crippen molar-refractivity contribution in [1.29, 1.82) is 0 Å². The minimum absolute atomic E-state index is 0.144. The van der Waals surface area contributed by atoms with Gasteiger partial charge < -0.3 is 0 Å². The fourth-order valence-electron chi connectivity index (χ4n) is 2.37. The summed E-state index contributed by atoms with van der Waals surface area (Å²) >= 11 is 1.82. The third-order valence-corrected chi connectivity index (χ3v) is 4.60. The van der Waals surface area contributed by atoms with Gasteiger partial charge >= 0.3 is 0 Å². The van der Waals surface area contributed by atoms with Gasteiger partial charge in [-0.3, -0.25) is 4.79 Å². The number of rotatable bonds is 7. The number of fused-ring (bicyclic) bond motifs is 1. The zero-order chi connectivity index (χ0) is 12.8. The minimum atomic E-state index is 0.144. The highest BCUT2D eigenvalue weighted by Crippen LogP contribution is 2.40. The summed E-state index contributed by atoms with van der Waals surface area (Å²) in [6, 6.07) is 8.32. The molecule has 96 valence electrons. The van der Waals surface area contributed by atoms with E-state index in [-0.39, 0.29) is 5.92 Å². The lowest BCUT2D eigenvalue weighted by molar-refractivity contribution is -0.120. The number of carbonyl (C=O) groups is 1. The standard InChI is InChI=1S/C16H20OS/c1-2-3-4-5-6-10-15(17)14-12-18-16-11-8-7-9-13(14)16/h2,7-9,11,14H,1,3-6,10,12H2. The van der Waals surface area contributed by atoms with Gasteiger partial charge in [0, 0.05) is 17.1 Å². The molecule has 0 radical (unpaired) electrons. The lowest BCUT2D eigenvalue weighted by Crippen LogP contribution is -2.11. The average Bonchev–Trinajstić information content (AvgIpc) is 2.82. The Bertz CT molecular complexity index is 425. The second kappa shape index (κ2) is 6.79. The second-order valence-electron chi connectivity index (χ2n) is 4.76. The molecule has 1 aliphatic rings. The Morgan fingerprint density at radius 2 is 2.17 bits per heavy atom. The molecule has 0 bridgehead atoms. The SMILES string of the molecule is C=CCCCCCC(=O)C1CSc2ccccc21. The first-order valence-electron chi connectivity index (χ1n) is 6.68. The van der Waals surface area contributed by atoms with Gasteiger partial charge in [-0.15, -0.1) is 18.3 Å². The van der Waals surface area contributed by atoms with Crippen molar-refractivity contribution in [2.24, 2.45) is 0 Å². The molecular formula is C16H20OS. The van der Waals surface area contributed by atoms with Gasteiger partial charge in [-0.25, -0.2) is 0 Å². The summed E-state index contributed by atoms with van der Waals surface area (Å²) in [6.07, 6.45) is 7.07. The fraction of sp³-hybridized carbons (Fsp3) is 0.438. The van der Waals surface area contributed by atoms with Crippen LogP contribution in [0.2, 0.25) is 0 Å². The molecule has 0 saturated carbocycles. The Morgan fingerprint density at radius 1 is 1.33 bits per heavy atom. The third kappa shape index (κ3) is 3.26. The van der Waals surface area contributed by atoms with E-state index in [1.165, 1.54) is 10.5 Å². The molecule has 2 heteroatoms. The predicted molar refractivity (Wildman–Crippen MR) is 78.2 cm³/mol. The molecule has 0 N–H and O–H groups in total. The van der Waals surface area contributed by atoms with Gasteiger partial charge in [0.15, 0.2) is 0 Å². The molecule has 1 unspecified atom stereocenters. The fourth-order valence-corrected chi connectivity index (χ4v) is 3.63. The van der Waals surface area contributed by atoms with Crippen LogP contribution in [0.4, 0.5) is 0 Å². The highest BCUT2D eigenvalue weighted by Gasteiger charge is 2.27. The van der Waals surface area contributed by atoms with E-state index in [0.717, 1.165) is 37.9 Å². The molecule has 0 aromatic heterocycles. The van der Waals surface area contributed by atoms with E-state index < -0.39 is 0 Å². The second-order valence-corrected chi connectivity index (χ2v) is 5.82. The van der Waals surface area contributed by atoms with Gasteiger partial charge in [0.2, 0.25) is 0 Å². The van der Waals surface area contributed by atoms with Gasteiger partial charge in [0.05, 0.1) is 5.92 Å². The minimum Gasteiger partial charge on any atom is -0.299 e. The number of ketones is 1. The van der Waals surface area contributed by atoms with E-state index in [0.29, 0.717) is 5.78 Å². The zero-order valence-corrected chi connectivity index (χ0v) is 11.5. The molecule has 1 aromatic carbocycles. The summed E-state index contributed by atoms with van der Waals surface area (Å²) in [5.74, 6) is 1.50. The first-order valence-corrected chi connectivity index (χ1v) is 7.67. The normalized spacial score (nSPS) is 17.4. The molecular weight excluding hydrogens is 240 g/mol. The molecule has 1 nitrogen and oxygen atoms in total. The molecule has 0 spiro atoms. The Balaban J connectivity index is 1.82. The monoisotopic (exact) mass is 260 g/mol. The molecule has 2 rings (SSSR count). The first-order chi connectivity index (χ1) is 8.83. The number of unbranched alkanes of at least 4 members (excludes halogenated alkanes) is 3. The van der Waals surface area contributed by atoms with E-state index in [9.17, 15) is 4.79 Å². The molecule has 0 fully saturated rings. The summed E-state index contributed by atoms with van der Waals surface area (Å²) in [4.78, 5) is 13.5. The number of thioether (sulfide) groups is 1. The summed E-state index contributed by atoms with van der Waals surface area (Å²) in [5.41, 5.74) is 1.25. The molecule has 1 heterocycles.